The fourth-order valence-corrected chi connectivity index (χ4v) is 3.29. The zero-order valence-corrected chi connectivity index (χ0v) is 15.0. The van der Waals surface area contributed by atoms with Crippen LogP contribution in [0.2, 0.25) is 5.02 Å². The lowest BCUT2D eigenvalue weighted by molar-refractivity contribution is -0.113. The van der Waals surface area contributed by atoms with Gasteiger partial charge >= 0.3 is 0 Å². The smallest absolute Gasteiger partial charge is 0.234 e. The maximum absolute atomic E-state index is 12.0. The molecule has 0 aliphatic heterocycles. The summed E-state index contributed by atoms with van der Waals surface area (Å²) in [5, 5.41) is 3.59. The predicted molar refractivity (Wildman–Crippen MR) is 101 cm³/mol. The van der Waals surface area contributed by atoms with Crippen LogP contribution >= 0.6 is 23.4 Å². The van der Waals surface area contributed by atoms with Crippen molar-refractivity contribution in [3.63, 3.8) is 0 Å². The molecule has 122 valence electrons. The molecule has 2 rings (SSSR count). The second kappa shape index (κ2) is 8.85. The summed E-state index contributed by atoms with van der Waals surface area (Å²) in [6.45, 7) is 6.20. The molecule has 0 atom stereocenters. The molecular formula is C18H21ClN2OS. The summed E-state index contributed by atoms with van der Waals surface area (Å²) in [5.41, 5.74) is 1.98. The number of nitrogens with one attached hydrogen (secondary N) is 1. The van der Waals surface area contributed by atoms with Crippen LogP contribution in [0.4, 0.5) is 11.4 Å². The number of carbonyl (C=O) groups is 1. The number of hydrogen-bond acceptors (Lipinski definition) is 3. The van der Waals surface area contributed by atoms with Gasteiger partial charge in [0, 0.05) is 29.4 Å². The van der Waals surface area contributed by atoms with E-state index in [4.69, 9.17) is 11.6 Å². The van der Waals surface area contributed by atoms with E-state index in [1.807, 2.05) is 48.5 Å². The Morgan fingerprint density at radius 3 is 2.35 bits per heavy atom. The number of hydrogen-bond donors (Lipinski definition) is 1. The molecule has 0 fully saturated rings. The molecule has 0 saturated carbocycles. The Balaban J connectivity index is 1.89. The monoisotopic (exact) mass is 348 g/mol. The third kappa shape index (κ3) is 5.19. The van der Waals surface area contributed by atoms with Crippen LogP contribution in [0.1, 0.15) is 13.8 Å². The van der Waals surface area contributed by atoms with Gasteiger partial charge in [-0.05, 0) is 50.2 Å². The minimum atomic E-state index is -0.0366. The molecule has 2 aromatic rings. The first-order chi connectivity index (χ1) is 11.1. The fourth-order valence-electron chi connectivity index (χ4n) is 2.25. The van der Waals surface area contributed by atoms with Crippen molar-refractivity contribution in [2.24, 2.45) is 0 Å². The Kier molecular flexibility index (Phi) is 6.81. The largest absolute Gasteiger partial charge is 0.372 e. The van der Waals surface area contributed by atoms with Crippen molar-refractivity contribution in [1.29, 1.82) is 0 Å². The van der Waals surface area contributed by atoms with Gasteiger partial charge in [-0.15, -0.1) is 11.8 Å². The number of halogens is 1. The SMILES string of the molecule is CCN(CC)c1ccc(NC(=O)CSc2ccccc2Cl)cc1. The first-order valence-corrected chi connectivity index (χ1v) is 9.02. The number of nitrogens with zero attached hydrogens (tertiary/aromatic N) is 1. The summed E-state index contributed by atoms with van der Waals surface area (Å²) in [6, 6.07) is 15.5. The Hall–Kier alpha value is -1.65. The van der Waals surface area contributed by atoms with Crippen molar-refractivity contribution in [2.75, 3.05) is 29.1 Å². The van der Waals surface area contributed by atoms with Gasteiger partial charge in [-0.3, -0.25) is 4.79 Å². The van der Waals surface area contributed by atoms with Gasteiger partial charge in [-0.2, -0.15) is 0 Å². The van der Waals surface area contributed by atoms with Crippen LogP contribution in [0.3, 0.4) is 0 Å². The molecule has 0 heterocycles. The molecule has 23 heavy (non-hydrogen) atoms. The van der Waals surface area contributed by atoms with Crippen molar-refractivity contribution in [1.82, 2.24) is 0 Å². The van der Waals surface area contributed by atoms with Crippen LogP contribution in [-0.2, 0) is 4.79 Å². The van der Waals surface area contributed by atoms with Gasteiger partial charge < -0.3 is 10.2 Å². The molecule has 0 bridgehead atoms. The highest BCUT2D eigenvalue weighted by Gasteiger charge is 2.07. The summed E-state index contributed by atoms with van der Waals surface area (Å²) < 4.78 is 0. The summed E-state index contributed by atoms with van der Waals surface area (Å²) in [5.74, 6) is 0.298. The quantitative estimate of drug-likeness (QED) is 0.721. The third-order valence-corrected chi connectivity index (χ3v) is 4.99. The summed E-state index contributed by atoms with van der Waals surface area (Å²) >= 11 is 7.52. The van der Waals surface area contributed by atoms with E-state index in [2.05, 4.69) is 24.1 Å². The summed E-state index contributed by atoms with van der Waals surface area (Å²) in [4.78, 5) is 15.2. The van der Waals surface area contributed by atoms with Gasteiger partial charge in [0.1, 0.15) is 0 Å². The Morgan fingerprint density at radius 2 is 1.74 bits per heavy atom. The minimum absolute atomic E-state index is 0.0366. The van der Waals surface area contributed by atoms with Crippen LogP contribution in [-0.4, -0.2) is 24.7 Å². The van der Waals surface area contributed by atoms with Crippen LogP contribution in [0.25, 0.3) is 0 Å². The van der Waals surface area contributed by atoms with Gasteiger partial charge in [0.15, 0.2) is 0 Å². The van der Waals surface area contributed by atoms with Crippen molar-refractivity contribution in [3.8, 4) is 0 Å². The van der Waals surface area contributed by atoms with E-state index in [1.54, 1.807) is 0 Å². The second-order valence-corrected chi connectivity index (χ2v) is 6.41. The average molecular weight is 349 g/mol. The summed E-state index contributed by atoms with van der Waals surface area (Å²) in [6.07, 6.45) is 0. The molecule has 0 unspecified atom stereocenters. The number of benzene rings is 2. The van der Waals surface area contributed by atoms with Crippen LogP contribution < -0.4 is 10.2 Å². The summed E-state index contributed by atoms with van der Waals surface area (Å²) in [7, 11) is 0. The number of anilines is 2. The lowest BCUT2D eigenvalue weighted by Gasteiger charge is -2.21. The van der Waals surface area contributed by atoms with Crippen molar-refractivity contribution >= 4 is 40.6 Å². The van der Waals surface area contributed by atoms with Crippen LogP contribution in [0.15, 0.2) is 53.4 Å². The van der Waals surface area contributed by atoms with Crippen molar-refractivity contribution in [2.45, 2.75) is 18.7 Å². The van der Waals surface area contributed by atoms with Crippen LogP contribution in [0, 0.1) is 0 Å². The molecule has 0 radical (unpaired) electrons. The van der Waals surface area contributed by atoms with Crippen molar-refractivity contribution < 1.29 is 4.79 Å². The molecule has 1 N–H and O–H groups in total. The van der Waals surface area contributed by atoms with E-state index >= 15 is 0 Å². The molecule has 3 nitrogen and oxygen atoms in total. The normalized spacial score (nSPS) is 10.4. The highest BCUT2D eigenvalue weighted by atomic mass is 35.5. The lowest BCUT2D eigenvalue weighted by atomic mass is 10.2. The second-order valence-electron chi connectivity index (χ2n) is 4.99. The number of rotatable bonds is 7. The van der Waals surface area contributed by atoms with Gasteiger partial charge in [0.2, 0.25) is 5.91 Å². The van der Waals surface area contributed by atoms with Gasteiger partial charge in [0.25, 0.3) is 0 Å². The fraction of sp³-hybridized carbons (Fsp3) is 0.278. The molecule has 2 aromatic carbocycles. The molecule has 0 aliphatic carbocycles. The Bertz CT molecular complexity index is 642. The maximum Gasteiger partial charge on any atom is 0.234 e. The van der Waals surface area contributed by atoms with E-state index in [0.29, 0.717) is 10.8 Å². The Labute approximate surface area is 147 Å². The van der Waals surface area contributed by atoms with E-state index in [1.165, 1.54) is 17.4 Å². The van der Waals surface area contributed by atoms with E-state index in [-0.39, 0.29) is 5.91 Å². The predicted octanol–water partition coefficient (Wildman–Crippen LogP) is 4.92. The zero-order chi connectivity index (χ0) is 16.7. The first-order valence-electron chi connectivity index (χ1n) is 7.66. The molecule has 0 spiro atoms. The molecular weight excluding hydrogens is 328 g/mol. The van der Waals surface area contributed by atoms with Gasteiger partial charge in [-0.1, -0.05) is 23.7 Å². The maximum atomic E-state index is 12.0. The van der Waals surface area contributed by atoms with Crippen molar-refractivity contribution in [3.05, 3.63) is 53.6 Å². The molecule has 0 saturated heterocycles. The lowest BCUT2D eigenvalue weighted by Crippen LogP contribution is -2.21. The number of amides is 1. The first kappa shape index (κ1) is 17.7. The Morgan fingerprint density at radius 1 is 1.09 bits per heavy atom. The highest BCUT2D eigenvalue weighted by Crippen LogP contribution is 2.26. The number of carbonyl (C=O) groups excluding carboxylic acids is 1. The number of thioether (sulfide) groups is 1. The molecule has 0 aromatic heterocycles. The van der Waals surface area contributed by atoms with Gasteiger partial charge in [-0.25, -0.2) is 0 Å². The average Bonchev–Trinajstić information content (AvgIpc) is 2.57. The van der Waals surface area contributed by atoms with E-state index in [9.17, 15) is 4.79 Å². The van der Waals surface area contributed by atoms with Gasteiger partial charge in [0.05, 0.1) is 10.8 Å². The molecule has 5 heteroatoms. The standard InChI is InChI=1S/C18H21ClN2OS/c1-3-21(4-2)15-11-9-14(10-12-15)20-18(22)13-23-17-8-6-5-7-16(17)19/h5-12H,3-4,13H2,1-2H3,(H,20,22). The minimum Gasteiger partial charge on any atom is -0.372 e. The molecule has 0 aliphatic rings. The third-order valence-electron chi connectivity index (χ3n) is 3.48. The molecule has 1 amide bonds. The van der Waals surface area contributed by atoms with E-state index in [0.717, 1.165) is 23.7 Å². The highest BCUT2D eigenvalue weighted by molar-refractivity contribution is 8.00. The zero-order valence-electron chi connectivity index (χ0n) is 13.4. The van der Waals surface area contributed by atoms with Crippen LogP contribution in [0.5, 0.6) is 0 Å². The topological polar surface area (TPSA) is 32.3 Å². The van der Waals surface area contributed by atoms with E-state index < -0.39 is 0 Å².